The van der Waals surface area contributed by atoms with Gasteiger partial charge in [-0.3, -0.25) is 91.3 Å². The van der Waals surface area contributed by atoms with E-state index in [9.17, 15) is 117 Å². The first-order chi connectivity index (χ1) is 63.1. The second-order valence-corrected chi connectivity index (χ2v) is 36.9. The average molecular weight is 1910 g/mol. The second-order valence-electron chi connectivity index (χ2n) is 36.9. The van der Waals surface area contributed by atoms with Gasteiger partial charge in [-0.05, 0) is 125 Å². The number of primary amides is 1. The highest BCUT2D eigenvalue weighted by atomic mass is 16.4. The molecule has 1 heterocycles. The summed E-state index contributed by atoms with van der Waals surface area (Å²) in [5, 5.41) is 92.0. The molecule has 46 nitrogen and oxygen atoms in total. The number of hydrogen-bond acceptors (Lipinski definition) is 25. The maximum absolute atomic E-state index is 14.5. The van der Waals surface area contributed by atoms with Crippen LogP contribution < -0.4 is 108 Å². The highest BCUT2D eigenvalue weighted by Crippen LogP contribution is 2.23. The van der Waals surface area contributed by atoms with E-state index < -0.39 is 284 Å². The Morgan fingerprint density at radius 1 is 0.415 bits per heavy atom. The average Bonchev–Trinajstić information content (AvgIpc) is 1.69. The minimum absolute atomic E-state index is 0.00612. The van der Waals surface area contributed by atoms with Gasteiger partial charge >= 0.3 is 5.97 Å². The van der Waals surface area contributed by atoms with E-state index in [-0.39, 0.29) is 101 Å². The number of nitrogens with two attached hydrogens (primary N) is 4. The van der Waals surface area contributed by atoms with Crippen molar-refractivity contribution in [2.45, 2.75) is 317 Å². The standard InChI is InChI=1S/C89H152N22O24/c1-19-49(15)69(106-66(118)40-96-75(121)61(41-112)103-78(124)58(36-45(7)8)101-85(131)71(51(17)114)110-80(126)59(37-46(9)10)99-79(125)60(38-53-26-22-21-23-27-53)102-84(130)70(50(16)20-2)108-73(119)54(90)34-43(3)4)83(129)98-56(30-31-64(91)116)74(120)95-39-65(117)105-67(47(11)12)87(133)111-33-25-29-63(111)82(128)100-57(35-44(5)6)77(123)104-62(42-113)81(127)97-55(28-24-32-94-89(92)93)76(122)109-72(52(18)115)86(132)107-68(48(13)14)88(134)135/h21-23,26-27,43-52,54-63,67-72,112-115H,19-20,24-25,28-42,90H2,1-18H3,(H2,91,116)(H,95,120)(H,96,121)(H,97,127)(H,98,129)(H,99,125)(H,100,128)(H,101,131)(H,102,130)(H,103,124)(H,104,123)(H,105,117)(H,106,118)(H,107,132)(H,108,119)(H,109,122)(H,110,126)(H,134,135)(H4,92,93,94)/t49-,50-,51+,52+,54-,55-,56-,57-,58-,59-,60-,61-,62-,63-,67-,68-,69-,70-,71-,72-/m0/s1. The number of aliphatic imine (C=N–C) groups is 1. The van der Waals surface area contributed by atoms with Crippen LogP contribution in [0.25, 0.3) is 0 Å². The number of benzene rings is 1. The highest BCUT2D eigenvalue weighted by molar-refractivity contribution is 6.01. The van der Waals surface area contributed by atoms with Gasteiger partial charge in [0.05, 0.1) is 44.6 Å². The number of carbonyl (C=O) groups is 19. The van der Waals surface area contributed by atoms with Gasteiger partial charge in [0.25, 0.3) is 0 Å². The predicted molar refractivity (Wildman–Crippen MR) is 496 cm³/mol. The number of nitrogens with zero attached hydrogens (tertiary/aromatic N) is 2. The van der Waals surface area contributed by atoms with Gasteiger partial charge in [-0.15, -0.1) is 0 Å². The van der Waals surface area contributed by atoms with Crippen molar-refractivity contribution < 1.29 is 117 Å². The molecule has 0 aliphatic carbocycles. The summed E-state index contributed by atoms with van der Waals surface area (Å²) in [4.78, 5) is 267. The van der Waals surface area contributed by atoms with E-state index in [0.717, 1.165) is 6.92 Å². The molecule has 1 aromatic rings. The SMILES string of the molecule is CC[C@H](C)[C@H](NC(=O)CNC(=O)[C@H](CO)NC(=O)[C@H](CC(C)C)NC(=O)[C@@H](NC(=O)[C@H](CC(C)C)NC(=O)[C@H](Cc1ccccc1)NC(=O)[C@@H](NC(=O)[C@@H](N)CC(C)C)[C@@H](C)CC)[C@@H](C)O)C(=O)N[C@@H](CCC(N)=O)C(=O)NCC(=O)N[C@H](C(=O)N1CCC[C@H]1C(=O)N[C@@H](CC(C)C)C(=O)N[C@@H](CO)C(=O)N[C@@H](CCCN=C(N)N)C(=O)N[C@H](C(=O)N[C@H](C(=O)O)C(C)C)[C@@H](C)O)C(C)C. The third-order valence-electron chi connectivity index (χ3n) is 22.4. The lowest BCUT2D eigenvalue weighted by Crippen LogP contribution is -2.62. The molecule has 1 aliphatic heterocycles. The molecule has 1 aliphatic rings. The van der Waals surface area contributed by atoms with E-state index in [0.29, 0.717) is 18.4 Å². The highest BCUT2D eigenvalue weighted by Gasteiger charge is 2.44. The number of hydrogen-bond donors (Lipinski definition) is 25. The minimum atomic E-state index is -1.80. The molecular weight excluding hydrogens is 1760 g/mol. The van der Waals surface area contributed by atoms with Crippen LogP contribution in [0.15, 0.2) is 35.3 Å². The summed E-state index contributed by atoms with van der Waals surface area (Å²) in [5.74, 6) is -21.9. The minimum Gasteiger partial charge on any atom is -0.480 e. The van der Waals surface area contributed by atoms with Crippen molar-refractivity contribution in [1.82, 2.24) is 90.0 Å². The first-order valence-corrected chi connectivity index (χ1v) is 46.2. The summed E-state index contributed by atoms with van der Waals surface area (Å²) >= 11 is 0. The van der Waals surface area contributed by atoms with E-state index in [2.05, 4.69) is 90.1 Å². The summed E-state index contributed by atoms with van der Waals surface area (Å²) in [5.41, 5.74) is 23.2. The third-order valence-corrected chi connectivity index (χ3v) is 22.4. The van der Waals surface area contributed by atoms with Crippen LogP contribution in [-0.2, 0) is 97.5 Å². The quantitative estimate of drug-likeness (QED) is 0.0164. The van der Waals surface area contributed by atoms with Crippen molar-refractivity contribution >= 4 is 118 Å². The fourth-order valence-electron chi connectivity index (χ4n) is 14.4. The molecular formula is C89H152N22O24. The monoisotopic (exact) mass is 1910 g/mol. The van der Waals surface area contributed by atoms with E-state index in [1.54, 1.807) is 106 Å². The van der Waals surface area contributed by atoms with Crippen LogP contribution in [0.5, 0.6) is 0 Å². The van der Waals surface area contributed by atoms with Crippen LogP contribution in [0.3, 0.4) is 0 Å². The lowest BCUT2D eigenvalue weighted by atomic mass is 9.96. The normalized spacial score (nSPS) is 16.8. The molecule has 18 amide bonds. The van der Waals surface area contributed by atoms with Crippen molar-refractivity contribution in [3.63, 3.8) is 0 Å². The predicted octanol–water partition coefficient (Wildman–Crippen LogP) is -5.69. The first-order valence-electron chi connectivity index (χ1n) is 46.2. The summed E-state index contributed by atoms with van der Waals surface area (Å²) in [6.45, 7) is 25.5. The van der Waals surface area contributed by atoms with Gasteiger partial charge in [0.1, 0.15) is 90.6 Å². The number of nitrogens with one attached hydrogen (secondary N) is 16. The van der Waals surface area contributed by atoms with Crippen LogP contribution in [-0.4, -0.2) is 297 Å². The summed E-state index contributed by atoms with van der Waals surface area (Å²) in [6.07, 6.45) is -3.28. The van der Waals surface area contributed by atoms with Gasteiger partial charge in [-0.25, -0.2) is 4.79 Å². The lowest BCUT2D eigenvalue weighted by molar-refractivity contribution is -0.144. The second kappa shape index (κ2) is 59.9. The molecule has 1 fully saturated rings. The van der Waals surface area contributed by atoms with Crippen molar-refractivity contribution in [2.24, 2.45) is 75.3 Å². The summed E-state index contributed by atoms with van der Waals surface area (Å²) < 4.78 is 0. The molecule has 2 rings (SSSR count). The van der Waals surface area contributed by atoms with Crippen LogP contribution in [0.2, 0.25) is 0 Å². The molecule has 0 bridgehead atoms. The number of aliphatic carboxylic acids is 1. The number of rotatable bonds is 61. The number of carbonyl (C=O) groups excluding carboxylic acids is 18. The van der Waals surface area contributed by atoms with E-state index in [1.807, 2.05) is 20.8 Å². The molecule has 0 radical (unpaired) electrons. The Kier molecular flexibility index (Phi) is 52.9. The molecule has 762 valence electrons. The Labute approximate surface area is 789 Å². The smallest absolute Gasteiger partial charge is 0.326 e. The van der Waals surface area contributed by atoms with Crippen LogP contribution in [0.1, 0.15) is 207 Å². The summed E-state index contributed by atoms with van der Waals surface area (Å²) in [7, 11) is 0. The van der Waals surface area contributed by atoms with Gasteiger partial charge in [0, 0.05) is 25.9 Å². The van der Waals surface area contributed by atoms with Gasteiger partial charge in [0.2, 0.25) is 106 Å². The zero-order chi connectivity index (χ0) is 103. The van der Waals surface area contributed by atoms with Gasteiger partial charge < -0.3 is 138 Å². The number of carboxylic acid groups (broad SMARTS) is 1. The molecule has 29 N–H and O–H groups in total. The fraction of sp³-hybridized carbons (Fsp3) is 0.708. The zero-order valence-electron chi connectivity index (χ0n) is 81.0. The molecule has 0 unspecified atom stereocenters. The molecule has 1 saturated heterocycles. The van der Waals surface area contributed by atoms with Crippen molar-refractivity contribution in [3.8, 4) is 0 Å². The Bertz CT molecular complexity index is 4150. The maximum atomic E-state index is 14.5. The summed E-state index contributed by atoms with van der Waals surface area (Å²) in [6, 6.07) is -14.8. The number of aliphatic hydroxyl groups excluding tert-OH is 4. The molecule has 0 spiro atoms. The zero-order valence-corrected chi connectivity index (χ0v) is 81.0. The maximum Gasteiger partial charge on any atom is 0.326 e. The Hall–Kier alpha value is -11.8. The molecule has 135 heavy (non-hydrogen) atoms. The van der Waals surface area contributed by atoms with Gasteiger partial charge in [0.15, 0.2) is 5.96 Å². The Morgan fingerprint density at radius 3 is 1.22 bits per heavy atom. The van der Waals surface area contributed by atoms with Crippen LogP contribution in [0, 0.1) is 47.3 Å². The Morgan fingerprint density at radius 2 is 0.778 bits per heavy atom. The topological polar surface area (TPSA) is 738 Å². The van der Waals surface area contributed by atoms with Crippen molar-refractivity contribution in [3.05, 3.63) is 35.9 Å². The number of aliphatic hydroxyl groups is 4. The molecule has 1 aromatic carbocycles. The fourth-order valence-corrected chi connectivity index (χ4v) is 14.4. The van der Waals surface area contributed by atoms with Gasteiger partial charge in [-0.2, -0.15) is 0 Å². The van der Waals surface area contributed by atoms with E-state index in [4.69, 9.17) is 22.9 Å². The van der Waals surface area contributed by atoms with Crippen LogP contribution >= 0.6 is 0 Å². The largest absolute Gasteiger partial charge is 0.480 e. The molecule has 0 saturated carbocycles. The lowest BCUT2D eigenvalue weighted by Gasteiger charge is -2.32. The number of likely N-dealkylation sites (tertiary alicyclic amines) is 1. The van der Waals surface area contributed by atoms with E-state index >= 15 is 0 Å². The molecule has 20 atom stereocenters. The van der Waals surface area contributed by atoms with E-state index in [1.165, 1.54) is 25.7 Å². The van der Waals surface area contributed by atoms with Gasteiger partial charge in [-0.1, -0.05) is 154 Å². The number of amides is 18. The van der Waals surface area contributed by atoms with Crippen molar-refractivity contribution in [2.75, 3.05) is 39.4 Å². The number of guanidine groups is 1. The third kappa shape index (κ3) is 42.4. The molecule has 0 aromatic heterocycles. The van der Waals surface area contributed by atoms with Crippen molar-refractivity contribution in [1.29, 1.82) is 0 Å². The number of carboxylic acids is 1. The molecule has 46 heteroatoms. The van der Waals surface area contributed by atoms with Crippen LogP contribution in [0.4, 0.5) is 0 Å². The first kappa shape index (κ1) is 119. The Balaban J connectivity index is 2.30.